The van der Waals surface area contributed by atoms with Crippen molar-refractivity contribution in [2.45, 2.75) is 37.1 Å². The van der Waals surface area contributed by atoms with E-state index in [1.54, 1.807) is 11.9 Å². The number of nitrogens with zero attached hydrogens (tertiary/aromatic N) is 1. The molecule has 0 saturated carbocycles. The largest absolute Gasteiger partial charge is 0.381 e. The second kappa shape index (κ2) is 7.76. The van der Waals surface area contributed by atoms with Gasteiger partial charge in [-0.3, -0.25) is 9.59 Å². The quantitative estimate of drug-likeness (QED) is 0.870. The van der Waals surface area contributed by atoms with Crippen LogP contribution in [-0.2, 0) is 26.2 Å². The molecule has 1 N–H and O–H groups in total. The van der Waals surface area contributed by atoms with Crippen LogP contribution in [0.1, 0.15) is 30.4 Å². The average molecular weight is 378 g/mol. The molecule has 1 fully saturated rings. The third-order valence-corrected chi connectivity index (χ3v) is 5.89. The van der Waals surface area contributed by atoms with Crippen LogP contribution in [-0.4, -0.2) is 38.1 Å². The summed E-state index contributed by atoms with van der Waals surface area (Å²) in [6.07, 6.45) is 2.30. The van der Waals surface area contributed by atoms with Gasteiger partial charge in [-0.2, -0.15) is 0 Å². The Morgan fingerprint density at radius 1 is 1.11 bits per heavy atom. The molecular weight excluding hydrogens is 352 g/mol. The molecule has 1 saturated heterocycles. The van der Waals surface area contributed by atoms with Crippen LogP contribution in [0.25, 0.3) is 0 Å². The van der Waals surface area contributed by atoms with E-state index < -0.39 is 5.41 Å². The summed E-state index contributed by atoms with van der Waals surface area (Å²) in [4.78, 5) is 28.1. The van der Waals surface area contributed by atoms with Crippen molar-refractivity contribution in [3.63, 3.8) is 0 Å². The molecule has 2 heterocycles. The molecule has 146 valence electrons. The lowest BCUT2D eigenvalue weighted by atomic mass is 9.73. The maximum Gasteiger partial charge on any atom is 0.238 e. The van der Waals surface area contributed by atoms with Gasteiger partial charge in [0.2, 0.25) is 11.8 Å². The van der Waals surface area contributed by atoms with Gasteiger partial charge in [0.05, 0.1) is 5.41 Å². The Morgan fingerprint density at radius 2 is 1.79 bits per heavy atom. The molecule has 1 atom stereocenters. The van der Waals surface area contributed by atoms with Gasteiger partial charge in [-0.05, 0) is 36.5 Å². The van der Waals surface area contributed by atoms with Crippen LogP contribution in [0.15, 0.2) is 54.6 Å². The lowest BCUT2D eigenvalue weighted by Crippen LogP contribution is -2.47. The van der Waals surface area contributed by atoms with E-state index in [-0.39, 0.29) is 24.3 Å². The first kappa shape index (κ1) is 18.7. The van der Waals surface area contributed by atoms with E-state index in [9.17, 15) is 9.59 Å². The van der Waals surface area contributed by atoms with Crippen molar-refractivity contribution in [2.24, 2.45) is 0 Å². The van der Waals surface area contributed by atoms with Crippen LogP contribution in [0, 0.1) is 0 Å². The van der Waals surface area contributed by atoms with Gasteiger partial charge in [0.15, 0.2) is 0 Å². The number of hydrogen-bond donors (Lipinski definition) is 1. The molecule has 2 aliphatic heterocycles. The van der Waals surface area contributed by atoms with Crippen LogP contribution in [0.3, 0.4) is 0 Å². The topological polar surface area (TPSA) is 58.6 Å². The van der Waals surface area contributed by atoms with Gasteiger partial charge in [0.1, 0.15) is 0 Å². The number of rotatable bonds is 5. The molecule has 5 nitrogen and oxygen atoms in total. The zero-order chi connectivity index (χ0) is 19.6. The highest BCUT2D eigenvalue weighted by Gasteiger charge is 2.50. The molecule has 5 heteroatoms. The number of fused-ring (bicyclic) bond motifs is 1. The van der Waals surface area contributed by atoms with E-state index in [2.05, 4.69) is 5.32 Å². The number of anilines is 1. The van der Waals surface area contributed by atoms with Crippen molar-refractivity contribution in [3.05, 3.63) is 65.7 Å². The highest BCUT2D eigenvalue weighted by atomic mass is 16.5. The highest BCUT2D eigenvalue weighted by molar-refractivity contribution is 6.09. The Hall–Kier alpha value is -2.66. The fourth-order valence-electron chi connectivity index (χ4n) is 4.46. The molecule has 2 aliphatic rings. The number of amides is 2. The fourth-order valence-corrected chi connectivity index (χ4v) is 4.46. The van der Waals surface area contributed by atoms with Crippen molar-refractivity contribution in [1.82, 2.24) is 5.32 Å². The second-order valence-corrected chi connectivity index (χ2v) is 7.76. The average Bonchev–Trinajstić information content (AvgIpc) is 2.92. The lowest BCUT2D eigenvalue weighted by Gasteiger charge is -2.30. The van der Waals surface area contributed by atoms with E-state index in [4.69, 9.17) is 4.74 Å². The Balaban J connectivity index is 1.66. The zero-order valence-electron chi connectivity index (χ0n) is 16.2. The maximum absolute atomic E-state index is 13.4. The van der Waals surface area contributed by atoms with Gasteiger partial charge >= 0.3 is 0 Å². The number of ether oxygens (including phenoxy) is 1. The first-order valence-corrected chi connectivity index (χ1v) is 9.89. The monoisotopic (exact) mass is 378 g/mol. The van der Waals surface area contributed by atoms with Gasteiger partial charge in [-0.25, -0.2) is 0 Å². The van der Waals surface area contributed by atoms with Crippen molar-refractivity contribution in [3.8, 4) is 0 Å². The van der Waals surface area contributed by atoms with E-state index in [1.807, 2.05) is 54.6 Å². The minimum Gasteiger partial charge on any atom is -0.381 e. The Morgan fingerprint density at radius 3 is 2.54 bits per heavy atom. The number of nitrogens with one attached hydrogen (secondary N) is 1. The van der Waals surface area contributed by atoms with E-state index in [0.717, 1.165) is 29.7 Å². The standard InChI is InChI=1S/C23H26N2O3/c1-25-20-10-6-5-9-19(20)23(22(25)27,15-17-7-3-2-4-8-17)16-21(26)24-18-11-13-28-14-12-18/h2-10,18H,11-16H2,1H3,(H,24,26). The predicted molar refractivity (Wildman–Crippen MR) is 108 cm³/mol. The van der Waals surface area contributed by atoms with Crippen molar-refractivity contribution >= 4 is 17.5 Å². The smallest absolute Gasteiger partial charge is 0.238 e. The normalized spacial score (nSPS) is 22.2. The molecule has 2 aromatic rings. The summed E-state index contributed by atoms with van der Waals surface area (Å²) in [5, 5.41) is 3.13. The summed E-state index contributed by atoms with van der Waals surface area (Å²) in [5.74, 6) is -0.0824. The molecule has 0 radical (unpaired) electrons. The van der Waals surface area contributed by atoms with Crippen LogP contribution >= 0.6 is 0 Å². The van der Waals surface area contributed by atoms with Gasteiger partial charge in [-0.15, -0.1) is 0 Å². The van der Waals surface area contributed by atoms with Gasteiger partial charge in [0, 0.05) is 38.4 Å². The zero-order valence-corrected chi connectivity index (χ0v) is 16.2. The van der Waals surface area contributed by atoms with E-state index in [1.165, 1.54) is 0 Å². The summed E-state index contributed by atoms with van der Waals surface area (Å²) in [6.45, 7) is 1.34. The molecule has 28 heavy (non-hydrogen) atoms. The second-order valence-electron chi connectivity index (χ2n) is 7.76. The number of para-hydroxylation sites is 1. The third-order valence-electron chi connectivity index (χ3n) is 5.89. The number of hydrogen-bond acceptors (Lipinski definition) is 3. The first-order chi connectivity index (χ1) is 13.6. The van der Waals surface area contributed by atoms with Crippen molar-refractivity contribution in [1.29, 1.82) is 0 Å². The van der Waals surface area contributed by atoms with Gasteiger partial charge < -0.3 is 15.0 Å². The van der Waals surface area contributed by atoms with Crippen LogP contribution in [0.5, 0.6) is 0 Å². The predicted octanol–water partition coefficient (Wildman–Crippen LogP) is 2.83. The van der Waals surface area contributed by atoms with E-state index in [0.29, 0.717) is 19.6 Å². The molecule has 0 aromatic heterocycles. The number of benzene rings is 2. The summed E-state index contributed by atoms with van der Waals surface area (Å²) in [7, 11) is 1.80. The minimum atomic E-state index is -0.873. The van der Waals surface area contributed by atoms with Crippen molar-refractivity contribution < 1.29 is 14.3 Å². The van der Waals surface area contributed by atoms with Crippen LogP contribution in [0.2, 0.25) is 0 Å². The molecular formula is C23H26N2O3. The number of carbonyl (C=O) groups excluding carboxylic acids is 2. The lowest BCUT2D eigenvalue weighted by molar-refractivity contribution is -0.130. The highest BCUT2D eigenvalue weighted by Crippen LogP contribution is 2.45. The molecule has 2 aromatic carbocycles. The fraction of sp³-hybridized carbons (Fsp3) is 0.391. The van der Waals surface area contributed by atoms with Gasteiger partial charge in [0.25, 0.3) is 0 Å². The summed E-state index contributed by atoms with van der Waals surface area (Å²) in [6, 6.07) is 17.9. The molecule has 0 aliphatic carbocycles. The van der Waals surface area contributed by atoms with Crippen LogP contribution in [0.4, 0.5) is 5.69 Å². The number of likely N-dealkylation sites (N-methyl/N-ethyl adjacent to an activating group) is 1. The van der Waals surface area contributed by atoms with Crippen LogP contribution < -0.4 is 10.2 Å². The van der Waals surface area contributed by atoms with Gasteiger partial charge in [-0.1, -0.05) is 48.5 Å². The minimum absolute atomic E-state index is 0.0142. The third kappa shape index (κ3) is 3.42. The molecule has 1 unspecified atom stereocenters. The maximum atomic E-state index is 13.4. The molecule has 4 rings (SSSR count). The Labute approximate surface area is 165 Å². The first-order valence-electron chi connectivity index (χ1n) is 9.89. The Kier molecular flexibility index (Phi) is 5.18. The summed E-state index contributed by atoms with van der Waals surface area (Å²) in [5.41, 5.74) is 2.01. The molecule has 0 bridgehead atoms. The van der Waals surface area contributed by atoms with E-state index >= 15 is 0 Å². The summed E-state index contributed by atoms with van der Waals surface area (Å²) >= 11 is 0. The molecule has 2 amide bonds. The Bertz CT molecular complexity index is 861. The summed E-state index contributed by atoms with van der Waals surface area (Å²) < 4.78 is 5.38. The van der Waals surface area contributed by atoms with Crippen molar-refractivity contribution in [2.75, 3.05) is 25.2 Å². The SMILES string of the molecule is CN1C(=O)C(CC(=O)NC2CCOCC2)(Cc2ccccc2)c2ccccc21. The molecule has 0 spiro atoms. The number of carbonyl (C=O) groups is 2.